The van der Waals surface area contributed by atoms with Crippen molar-refractivity contribution in [2.24, 2.45) is 0 Å². The molecular weight excluding hydrogens is 736 g/mol. The summed E-state index contributed by atoms with van der Waals surface area (Å²) in [4.78, 5) is 29.2. The van der Waals surface area contributed by atoms with Gasteiger partial charge in [-0.2, -0.15) is 35.8 Å². The van der Waals surface area contributed by atoms with Crippen molar-refractivity contribution < 1.29 is 40.6 Å². The molecule has 3 N–H and O–H groups in total. The maximum atomic E-state index is 16.2. The van der Waals surface area contributed by atoms with E-state index < -0.39 is 62.3 Å². The first-order valence-corrected chi connectivity index (χ1v) is 18.0. The Hall–Kier alpha value is -3.44. The van der Waals surface area contributed by atoms with E-state index in [0.29, 0.717) is 38.0 Å². The number of thiol groups is 1. The molecule has 2 aliphatic heterocycles. The molecule has 0 spiro atoms. The van der Waals surface area contributed by atoms with Crippen molar-refractivity contribution in [3.63, 3.8) is 0 Å². The second-order valence-corrected chi connectivity index (χ2v) is 13.6. The van der Waals surface area contributed by atoms with Crippen LogP contribution in [0.15, 0.2) is 6.07 Å². The minimum atomic E-state index is -5.20. The van der Waals surface area contributed by atoms with Crippen LogP contribution in [0.3, 0.4) is 0 Å². The lowest BCUT2D eigenvalue weighted by Gasteiger charge is -2.31. The van der Waals surface area contributed by atoms with Gasteiger partial charge in [-0.15, -0.1) is 0 Å². The highest BCUT2D eigenvalue weighted by Crippen LogP contribution is 2.46. The summed E-state index contributed by atoms with van der Waals surface area (Å²) in [6, 6.07) is 0.508. The molecule has 0 bridgehead atoms. The molecule has 2 aromatic heterocycles. The fourth-order valence-corrected chi connectivity index (χ4v) is 6.87. The van der Waals surface area contributed by atoms with Crippen LogP contribution in [-0.4, -0.2) is 94.1 Å². The van der Waals surface area contributed by atoms with Gasteiger partial charge in [-0.25, -0.2) is 18.2 Å². The number of methoxy groups -OCH3 is 1. The van der Waals surface area contributed by atoms with Gasteiger partial charge in [-0.3, -0.25) is 9.69 Å². The summed E-state index contributed by atoms with van der Waals surface area (Å²) in [7, 11) is 1.22. The van der Waals surface area contributed by atoms with E-state index in [1.165, 1.54) is 20.0 Å². The number of nitrogens with one attached hydrogen (secondary N) is 1. The molecule has 4 unspecified atom stereocenters. The minimum Gasteiger partial charge on any atom is -0.477 e. The van der Waals surface area contributed by atoms with E-state index in [-0.39, 0.29) is 48.2 Å². The van der Waals surface area contributed by atoms with E-state index in [2.05, 4.69) is 37.8 Å². The van der Waals surface area contributed by atoms with Crippen LogP contribution in [0.5, 0.6) is 11.9 Å². The van der Waals surface area contributed by atoms with Crippen molar-refractivity contribution in [1.29, 1.82) is 0 Å². The van der Waals surface area contributed by atoms with Gasteiger partial charge in [0.05, 0.1) is 35.2 Å². The van der Waals surface area contributed by atoms with Crippen molar-refractivity contribution in [3.8, 4) is 23.1 Å². The molecule has 2 fully saturated rings. The summed E-state index contributed by atoms with van der Waals surface area (Å²) in [6.45, 7) is 9.58. The van der Waals surface area contributed by atoms with E-state index >= 15 is 4.39 Å². The molecule has 0 saturated carbocycles. The number of nitrogens with two attached hydrogens (primary N) is 1. The minimum absolute atomic E-state index is 0.00962. The molecule has 4 heterocycles. The lowest BCUT2D eigenvalue weighted by Crippen LogP contribution is -2.46. The Morgan fingerprint density at radius 2 is 1.92 bits per heavy atom. The van der Waals surface area contributed by atoms with Gasteiger partial charge in [-0.1, -0.05) is 25.4 Å². The van der Waals surface area contributed by atoms with Gasteiger partial charge in [0, 0.05) is 37.3 Å². The van der Waals surface area contributed by atoms with Crippen LogP contribution < -0.4 is 20.5 Å². The van der Waals surface area contributed by atoms with Gasteiger partial charge in [0.2, 0.25) is 11.8 Å². The lowest BCUT2D eigenvalue weighted by atomic mass is 10.0. The second kappa shape index (κ2) is 17.6. The van der Waals surface area contributed by atoms with Crippen molar-refractivity contribution in [2.75, 3.05) is 50.9 Å². The zero-order valence-electron chi connectivity index (χ0n) is 29.6. The average Bonchev–Trinajstić information content (AvgIpc) is 3.69. The molecule has 288 valence electrons. The number of hydrogen-bond acceptors (Lipinski definition) is 10. The Balaban J connectivity index is 0.000000576. The van der Waals surface area contributed by atoms with Crippen molar-refractivity contribution in [1.82, 2.24) is 24.8 Å². The Bertz CT molecular complexity index is 1730. The second-order valence-electron chi connectivity index (χ2n) is 12.6. The molecule has 52 heavy (non-hydrogen) atoms. The summed E-state index contributed by atoms with van der Waals surface area (Å²) < 4.78 is 96.0. The quantitative estimate of drug-likeness (QED) is 0.0972. The number of hydrogen-bond donors (Lipinski definition) is 3. The number of fused-ring (bicyclic) bond motifs is 2. The summed E-state index contributed by atoms with van der Waals surface area (Å²) in [5.74, 6) is -3.30. The van der Waals surface area contributed by atoms with E-state index in [1.807, 2.05) is 13.8 Å². The Labute approximate surface area is 309 Å². The number of carbonyl (C=O) groups is 1. The lowest BCUT2D eigenvalue weighted by molar-refractivity contribution is -0.137. The highest BCUT2D eigenvalue weighted by molar-refractivity contribution is 7.81. The van der Waals surface area contributed by atoms with Crippen molar-refractivity contribution >= 4 is 52.5 Å². The number of ether oxygens (including phenoxy) is 2. The molecule has 1 amide bonds. The Kier molecular flexibility index (Phi) is 14.0. The van der Waals surface area contributed by atoms with Crippen LogP contribution in [0.25, 0.3) is 22.2 Å². The normalized spacial score (nSPS) is 18.4. The van der Waals surface area contributed by atoms with Gasteiger partial charge in [0.1, 0.15) is 28.6 Å². The largest absolute Gasteiger partial charge is 0.477 e. The highest BCUT2D eigenvalue weighted by Gasteiger charge is 2.40. The summed E-state index contributed by atoms with van der Waals surface area (Å²) in [5, 5.41) is 1.12. The molecule has 4 atom stereocenters. The maximum Gasteiger partial charge on any atom is 0.418 e. The third kappa shape index (κ3) is 9.01. The zero-order valence-corrected chi connectivity index (χ0v) is 31.2. The fraction of sp³-hybridized carbons (Fsp3) is 0.588. The topological polar surface area (TPSA) is 119 Å². The maximum absolute atomic E-state index is 16.2. The molecule has 0 radical (unpaired) electrons. The number of anilines is 2. The standard InChI is InChI=1S/C27H32ClF5N6O3S.C7H12FN/c1-6-9-39(25(40)15(43)7-2)12(4)11-35-23-16-22(37-26(38-23)41-5)20(30)21(36-24(16)42-8-3)13-10-14(34)19(29)18(28)17(13)27(31,32)33;8-6-4-7-2-1-3-9(7)5-6/h10,12,15,43H,6-9,11,34H2,1-5H3,(H,35,37,38);6-7H,1-5H2. The first-order valence-electron chi connectivity index (χ1n) is 17.1. The number of nitrogens with zero attached hydrogens (tertiary/aromatic N) is 5. The molecule has 0 aliphatic carbocycles. The van der Waals surface area contributed by atoms with Crippen molar-refractivity contribution in [2.45, 2.75) is 89.5 Å². The summed E-state index contributed by atoms with van der Waals surface area (Å²) >= 11 is 10.1. The smallest absolute Gasteiger partial charge is 0.418 e. The molecule has 2 aliphatic rings. The van der Waals surface area contributed by atoms with Gasteiger partial charge in [-0.05, 0) is 58.6 Å². The highest BCUT2D eigenvalue weighted by atomic mass is 35.5. The van der Waals surface area contributed by atoms with Crippen molar-refractivity contribution in [3.05, 3.63) is 28.3 Å². The van der Waals surface area contributed by atoms with Crippen LogP contribution in [0.1, 0.15) is 65.4 Å². The number of benzene rings is 1. The molecule has 5 rings (SSSR count). The first kappa shape index (κ1) is 41.3. The molecule has 18 heteroatoms. The Morgan fingerprint density at radius 3 is 2.52 bits per heavy atom. The fourth-order valence-electron chi connectivity index (χ4n) is 6.40. The van der Waals surface area contributed by atoms with E-state index in [4.69, 9.17) is 26.8 Å². The third-order valence-electron chi connectivity index (χ3n) is 8.94. The van der Waals surface area contributed by atoms with Crippen LogP contribution >= 0.6 is 24.2 Å². The third-order valence-corrected chi connectivity index (χ3v) is 9.89. The van der Waals surface area contributed by atoms with Crippen LogP contribution in [-0.2, 0) is 11.0 Å². The number of amides is 1. The molecule has 3 aromatic rings. The monoisotopic (exact) mass is 779 g/mol. The predicted molar refractivity (Wildman–Crippen MR) is 192 cm³/mol. The average molecular weight is 780 g/mol. The van der Waals surface area contributed by atoms with Crippen LogP contribution in [0.4, 0.5) is 37.8 Å². The van der Waals surface area contributed by atoms with Gasteiger partial charge >= 0.3 is 12.2 Å². The van der Waals surface area contributed by atoms with E-state index in [9.17, 15) is 26.7 Å². The van der Waals surface area contributed by atoms with Crippen LogP contribution in [0, 0.1) is 11.6 Å². The first-order chi connectivity index (χ1) is 24.6. The van der Waals surface area contributed by atoms with Gasteiger partial charge in [0.25, 0.3) is 0 Å². The summed E-state index contributed by atoms with van der Waals surface area (Å²) in [5.41, 5.74) is 0.861. The number of carbonyl (C=O) groups excluding carboxylic acids is 1. The molecular formula is C34H44ClF6N7O3S. The van der Waals surface area contributed by atoms with E-state index in [1.54, 1.807) is 18.7 Å². The van der Waals surface area contributed by atoms with Gasteiger partial charge in [0.15, 0.2) is 11.6 Å². The molecule has 10 nitrogen and oxygen atoms in total. The Morgan fingerprint density at radius 1 is 1.21 bits per heavy atom. The van der Waals surface area contributed by atoms with Gasteiger partial charge < -0.3 is 25.4 Å². The SMILES string of the molecule is CCCN(C(=O)C(S)CC)C(C)CNc1nc(OC)nc2c(F)c(-c3cc(N)c(F)c(Cl)c3C(F)(F)F)nc(OCC)c12.FC1CC2CCCN2C1. The molecule has 2 saturated heterocycles. The van der Waals surface area contributed by atoms with Crippen LogP contribution in [0.2, 0.25) is 5.02 Å². The number of pyridine rings is 1. The summed E-state index contributed by atoms with van der Waals surface area (Å²) in [6.07, 6.45) is -1.17. The number of aromatic nitrogens is 3. The van der Waals surface area contributed by atoms with E-state index in [0.717, 1.165) is 13.0 Å². The number of rotatable bonds is 12. The number of halogens is 7. The zero-order chi connectivity index (χ0) is 38.5. The number of alkyl halides is 4. The molecule has 1 aromatic carbocycles. The number of nitrogen functional groups attached to an aromatic ring is 1. The predicted octanol–water partition coefficient (Wildman–Crippen LogP) is 7.57.